The summed E-state index contributed by atoms with van der Waals surface area (Å²) in [6.45, 7) is 11.2. The largest absolute Gasteiger partial charge is 0.481 e. The van der Waals surface area contributed by atoms with Crippen LogP contribution >= 0.6 is 0 Å². The zero-order valence-corrected chi connectivity index (χ0v) is 11.7. The lowest BCUT2D eigenvalue weighted by atomic mass is 9.84. The number of hydrogen-bond donors (Lipinski definition) is 1. The third kappa shape index (κ3) is 3.42. The molecule has 17 heavy (non-hydrogen) atoms. The van der Waals surface area contributed by atoms with Crippen molar-refractivity contribution < 1.29 is 19.4 Å². The average molecular weight is 244 g/mol. The van der Waals surface area contributed by atoms with Crippen LogP contribution in [0.15, 0.2) is 0 Å². The van der Waals surface area contributed by atoms with Crippen LogP contribution in [0, 0.1) is 5.41 Å². The van der Waals surface area contributed by atoms with Crippen molar-refractivity contribution in [2.75, 3.05) is 0 Å². The van der Waals surface area contributed by atoms with Gasteiger partial charge in [0.25, 0.3) is 0 Å². The van der Waals surface area contributed by atoms with Gasteiger partial charge in [0.15, 0.2) is 5.79 Å². The molecule has 4 nitrogen and oxygen atoms in total. The summed E-state index contributed by atoms with van der Waals surface area (Å²) < 4.78 is 11.6. The quantitative estimate of drug-likeness (QED) is 0.826. The van der Waals surface area contributed by atoms with Gasteiger partial charge in [0.2, 0.25) is 0 Å². The van der Waals surface area contributed by atoms with Gasteiger partial charge in [-0.25, -0.2) is 0 Å². The predicted octanol–water partition coefficient (Wildman–Crippen LogP) is 2.81. The van der Waals surface area contributed by atoms with Crippen molar-refractivity contribution in [3.63, 3.8) is 0 Å². The highest BCUT2D eigenvalue weighted by Crippen LogP contribution is 2.39. The second kappa shape index (κ2) is 4.25. The van der Waals surface area contributed by atoms with Gasteiger partial charge < -0.3 is 14.6 Å². The van der Waals surface area contributed by atoms with Crippen molar-refractivity contribution in [2.24, 2.45) is 5.41 Å². The van der Waals surface area contributed by atoms with Crippen molar-refractivity contribution in [3.05, 3.63) is 0 Å². The van der Waals surface area contributed by atoms with Crippen LogP contribution in [0.5, 0.6) is 0 Å². The number of hydrogen-bond acceptors (Lipinski definition) is 3. The summed E-state index contributed by atoms with van der Waals surface area (Å²) in [6.07, 6.45) is 1.21. The molecule has 0 aromatic carbocycles. The van der Waals surface area contributed by atoms with Crippen LogP contribution in [0.4, 0.5) is 0 Å². The molecule has 0 aromatic rings. The van der Waals surface area contributed by atoms with E-state index in [1.807, 2.05) is 27.7 Å². The maximum Gasteiger partial charge on any atom is 0.309 e. The fourth-order valence-corrected chi connectivity index (χ4v) is 2.21. The first-order chi connectivity index (χ1) is 7.46. The Morgan fingerprint density at radius 3 is 2.18 bits per heavy atom. The molecule has 4 heteroatoms. The zero-order chi connectivity index (χ0) is 13.5. The molecule has 0 amide bonds. The minimum absolute atomic E-state index is 0.0591. The first-order valence-corrected chi connectivity index (χ1v) is 6.08. The summed E-state index contributed by atoms with van der Waals surface area (Å²) in [5, 5.41) is 9.08. The Morgan fingerprint density at radius 2 is 1.82 bits per heavy atom. The SMILES string of the molecule is CC1(C)OC(CCC(C)(C)C(=O)O)C(C)(C)O1. The molecule has 0 spiro atoms. The summed E-state index contributed by atoms with van der Waals surface area (Å²) in [5.74, 6) is -1.35. The molecule has 0 aromatic heterocycles. The molecule has 1 atom stereocenters. The van der Waals surface area contributed by atoms with E-state index in [1.54, 1.807) is 13.8 Å². The van der Waals surface area contributed by atoms with Crippen LogP contribution in [0.2, 0.25) is 0 Å². The van der Waals surface area contributed by atoms with Crippen LogP contribution in [0.3, 0.4) is 0 Å². The molecule has 1 rings (SSSR count). The van der Waals surface area contributed by atoms with E-state index in [0.29, 0.717) is 12.8 Å². The van der Waals surface area contributed by atoms with Gasteiger partial charge in [-0.2, -0.15) is 0 Å². The van der Waals surface area contributed by atoms with Crippen LogP contribution in [0.1, 0.15) is 54.4 Å². The van der Waals surface area contributed by atoms with E-state index >= 15 is 0 Å². The van der Waals surface area contributed by atoms with Gasteiger partial charge in [-0.3, -0.25) is 4.79 Å². The van der Waals surface area contributed by atoms with E-state index in [2.05, 4.69) is 0 Å². The van der Waals surface area contributed by atoms with E-state index in [9.17, 15) is 4.79 Å². The van der Waals surface area contributed by atoms with Crippen molar-refractivity contribution in [1.29, 1.82) is 0 Å². The maximum absolute atomic E-state index is 11.0. The molecule has 0 aliphatic carbocycles. The maximum atomic E-state index is 11.0. The van der Waals surface area contributed by atoms with E-state index < -0.39 is 17.2 Å². The third-order valence-electron chi connectivity index (χ3n) is 3.32. The normalized spacial score (nSPS) is 27.1. The van der Waals surface area contributed by atoms with Gasteiger partial charge in [-0.15, -0.1) is 0 Å². The Morgan fingerprint density at radius 1 is 1.29 bits per heavy atom. The van der Waals surface area contributed by atoms with Crippen molar-refractivity contribution in [1.82, 2.24) is 0 Å². The monoisotopic (exact) mass is 244 g/mol. The minimum Gasteiger partial charge on any atom is -0.481 e. The topological polar surface area (TPSA) is 55.8 Å². The van der Waals surface area contributed by atoms with Crippen LogP contribution in [0.25, 0.3) is 0 Å². The van der Waals surface area contributed by atoms with Gasteiger partial charge in [-0.05, 0) is 54.4 Å². The smallest absolute Gasteiger partial charge is 0.309 e. The molecule has 1 saturated heterocycles. The average Bonchev–Trinajstić information content (AvgIpc) is 2.30. The molecule has 0 bridgehead atoms. The Bertz CT molecular complexity index is 305. The highest BCUT2D eigenvalue weighted by atomic mass is 16.8. The van der Waals surface area contributed by atoms with Gasteiger partial charge >= 0.3 is 5.97 Å². The standard InChI is InChI=1S/C13H24O4/c1-11(2,10(14)15)8-7-9-12(3,4)17-13(5,6)16-9/h9H,7-8H2,1-6H3,(H,14,15). The number of aliphatic carboxylic acids is 1. The molecule has 1 unspecified atom stereocenters. The molecule has 1 fully saturated rings. The minimum atomic E-state index is -0.770. The third-order valence-corrected chi connectivity index (χ3v) is 3.32. The molecular weight excluding hydrogens is 220 g/mol. The molecule has 100 valence electrons. The highest BCUT2D eigenvalue weighted by Gasteiger charge is 2.47. The lowest BCUT2D eigenvalue weighted by Gasteiger charge is -2.26. The predicted molar refractivity (Wildman–Crippen MR) is 64.8 cm³/mol. The van der Waals surface area contributed by atoms with Crippen molar-refractivity contribution >= 4 is 5.97 Å². The summed E-state index contributed by atoms with van der Waals surface area (Å²) >= 11 is 0. The summed E-state index contributed by atoms with van der Waals surface area (Å²) in [4.78, 5) is 11.0. The fraction of sp³-hybridized carbons (Fsp3) is 0.923. The van der Waals surface area contributed by atoms with E-state index in [0.717, 1.165) is 0 Å². The summed E-state index contributed by atoms with van der Waals surface area (Å²) in [7, 11) is 0. The molecule has 1 aliphatic rings. The summed E-state index contributed by atoms with van der Waals surface area (Å²) in [6, 6.07) is 0. The van der Waals surface area contributed by atoms with Crippen LogP contribution in [-0.2, 0) is 14.3 Å². The van der Waals surface area contributed by atoms with Crippen LogP contribution < -0.4 is 0 Å². The van der Waals surface area contributed by atoms with Gasteiger partial charge in [-0.1, -0.05) is 0 Å². The van der Waals surface area contributed by atoms with Gasteiger partial charge in [0.05, 0.1) is 17.1 Å². The zero-order valence-electron chi connectivity index (χ0n) is 11.7. The number of carbonyl (C=O) groups is 1. The number of carboxylic acid groups (broad SMARTS) is 1. The summed E-state index contributed by atoms with van der Waals surface area (Å²) in [5.41, 5.74) is -1.08. The molecule has 0 saturated carbocycles. The van der Waals surface area contributed by atoms with Gasteiger partial charge in [0.1, 0.15) is 0 Å². The molecule has 1 heterocycles. The van der Waals surface area contributed by atoms with Gasteiger partial charge in [0, 0.05) is 0 Å². The Labute approximate surface area is 103 Å². The Hall–Kier alpha value is -0.610. The number of ether oxygens (including phenoxy) is 2. The van der Waals surface area contributed by atoms with Crippen molar-refractivity contribution in [2.45, 2.75) is 71.9 Å². The van der Waals surface area contributed by atoms with E-state index in [4.69, 9.17) is 14.6 Å². The second-order valence-corrected chi connectivity index (χ2v) is 6.44. The van der Waals surface area contributed by atoms with Crippen LogP contribution in [-0.4, -0.2) is 28.6 Å². The van der Waals surface area contributed by atoms with E-state index in [-0.39, 0.29) is 11.7 Å². The first-order valence-electron chi connectivity index (χ1n) is 6.08. The second-order valence-electron chi connectivity index (χ2n) is 6.44. The lowest BCUT2D eigenvalue weighted by molar-refractivity contribution is -0.158. The molecular formula is C13H24O4. The Balaban J connectivity index is 2.62. The molecule has 1 N–H and O–H groups in total. The lowest BCUT2D eigenvalue weighted by Crippen LogP contribution is -2.35. The first kappa shape index (κ1) is 14.5. The number of carboxylic acids is 1. The van der Waals surface area contributed by atoms with Crippen molar-refractivity contribution in [3.8, 4) is 0 Å². The number of rotatable bonds is 4. The Kier molecular flexibility index (Phi) is 3.61. The molecule has 0 radical (unpaired) electrons. The highest BCUT2D eigenvalue weighted by molar-refractivity contribution is 5.73. The molecule has 1 aliphatic heterocycles. The fourth-order valence-electron chi connectivity index (χ4n) is 2.21. The van der Waals surface area contributed by atoms with E-state index in [1.165, 1.54) is 0 Å².